The zero-order valence-corrected chi connectivity index (χ0v) is 18.2. The Hall–Kier alpha value is -2.46. The molecule has 150 valence electrons. The molecule has 1 heterocycles. The van der Waals surface area contributed by atoms with E-state index in [1.807, 2.05) is 0 Å². The summed E-state index contributed by atoms with van der Waals surface area (Å²) in [6.07, 6.45) is 1.46. The topological polar surface area (TPSA) is 85.4 Å². The predicted octanol–water partition coefficient (Wildman–Crippen LogP) is 2.00. The van der Waals surface area contributed by atoms with Gasteiger partial charge in [0.25, 0.3) is 11.8 Å². The third-order valence-corrected chi connectivity index (χ3v) is 4.99. The fourth-order valence-corrected chi connectivity index (χ4v) is 3.15. The van der Waals surface area contributed by atoms with Gasteiger partial charge in [0.05, 0.1) is 18.2 Å². The second-order valence-corrected chi connectivity index (χ2v) is 6.92. The number of halogens is 1. The van der Waals surface area contributed by atoms with Gasteiger partial charge in [0.15, 0.2) is 23.2 Å². The fourth-order valence-electron chi connectivity index (χ4n) is 2.41. The lowest BCUT2D eigenvalue weighted by atomic mass is 10.1. The van der Waals surface area contributed by atoms with Gasteiger partial charge in [0.1, 0.15) is 5.57 Å². The first-order valence-electron chi connectivity index (χ1n) is 8.19. The zero-order chi connectivity index (χ0) is 21.0. The smallest absolute Gasteiger partial charge is 0.343 e. The van der Waals surface area contributed by atoms with Crippen LogP contribution in [-0.4, -0.2) is 67.1 Å². The Kier molecular flexibility index (Phi) is 7.14. The number of ether oxygens (including phenoxy) is 3. The molecule has 1 saturated heterocycles. The Balaban J connectivity index is 2.44. The number of benzene rings is 1. The molecule has 0 unspecified atom stereocenters. The minimum atomic E-state index is -0.541. The number of hydrogen-bond donors (Lipinski definition) is 0. The van der Waals surface area contributed by atoms with Crippen molar-refractivity contribution in [1.82, 2.24) is 9.80 Å². The molecular formula is C18H19BrN2O6S. The lowest BCUT2D eigenvalue weighted by Gasteiger charge is -2.31. The molecule has 0 aliphatic carbocycles. The van der Waals surface area contributed by atoms with Crippen molar-refractivity contribution in [3.05, 3.63) is 27.7 Å². The van der Waals surface area contributed by atoms with Crippen LogP contribution in [-0.2, 0) is 19.1 Å². The highest BCUT2D eigenvalue weighted by Crippen LogP contribution is 2.37. The first-order chi connectivity index (χ1) is 13.2. The third kappa shape index (κ3) is 4.50. The van der Waals surface area contributed by atoms with Crippen LogP contribution in [0, 0.1) is 0 Å². The normalized spacial score (nSPS) is 14.3. The summed E-state index contributed by atoms with van der Waals surface area (Å²) in [7, 11) is 4.27. The highest BCUT2D eigenvalue weighted by atomic mass is 79.9. The number of likely N-dealkylation sites (N-methyl/N-ethyl adjacent to an activating group) is 2. The van der Waals surface area contributed by atoms with Gasteiger partial charge in [-0.05, 0) is 58.8 Å². The van der Waals surface area contributed by atoms with E-state index in [1.54, 1.807) is 19.1 Å². The maximum Gasteiger partial charge on any atom is 0.343 e. The molecule has 2 amide bonds. The first-order valence-corrected chi connectivity index (χ1v) is 9.39. The minimum absolute atomic E-state index is 0.0313. The summed E-state index contributed by atoms with van der Waals surface area (Å²) < 4.78 is 16.1. The summed E-state index contributed by atoms with van der Waals surface area (Å²) in [5.74, 6) is -0.867. The molecule has 1 aromatic rings. The van der Waals surface area contributed by atoms with Crippen LogP contribution in [0.2, 0.25) is 0 Å². The van der Waals surface area contributed by atoms with Crippen molar-refractivity contribution in [2.45, 2.75) is 6.92 Å². The molecule has 2 rings (SSSR count). The highest BCUT2D eigenvalue weighted by Gasteiger charge is 2.35. The van der Waals surface area contributed by atoms with E-state index in [0.717, 1.165) is 0 Å². The largest absolute Gasteiger partial charge is 0.490 e. The number of nitrogens with zero attached hydrogens (tertiary/aromatic N) is 2. The van der Waals surface area contributed by atoms with Crippen LogP contribution < -0.4 is 9.47 Å². The molecule has 8 nitrogen and oxygen atoms in total. The van der Waals surface area contributed by atoms with E-state index in [9.17, 15) is 14.4 Å². The number of thiocarbonyl (C=S) groups is 1. The zero-order valence-electron chi connectivity index (χ0n) is 15.8. The van der Waals surface area contributed by atoms with Gasteiger partial charge in [-0.2, -0.15) is 0 Å². The van der Waals surface area contributed by atoms with Crippen molar-refractivity contribution >= 4 is 57.1 Å². The van der Waals surface area contributed by atoms with Crippen LogP contribution in [0.3, 0.4) is 0 Å². The Morgan fingerprint density at radius 3 is 2.32 bits per heavy atom. The van der Waals surface area contributed by atoms with Gasteiger partial charge in [-0.3, -0.25) is 19.4 Å². The van der Waals surface area contributed by atoms with E-state index in [1.165, 1.54) is 37.1 Å². The van der Waals surface area contributed by atoms with E-state index in [2.05, 4.69) is 20.7 Å². The van der Waals surface area contributed by atoms with Gasteiger partial charge in [0, 0.05) is 14.1 Å². The van der Waals surface area contributed by atoms with Gasteiger partial charge >= 0.3 is 5.97 Å². The molecular weight excluding hydrogens is 452 g/mol. The maximum atomic E-state index is 12.5. The molecule has 10 heteroatoms. The number of rotatable bonds is 6. The van der Waals surface area contributed by atoms with Crippen molar-refractivity contribution in [2.75, 3.05) is 34.4 Å². The number of amides is 2. The van der Waals surface area contributed by atoms with E-state index in [0.29, 0.717) is 28.1 Å². The molecule has 1 aliphatic rings. The van der Waals surface area contributed by atoms with Crippen LogP contribution in [0.5, 0.6) is 11.5 Å². The Bertz CT molecular complexity index is 844. The van der Waals surface area contributed by atoms with Gasteiger partial charge in [-0.15, -0.1) is 0 Å². The number of esters is 1. The Labute approximate surface area is 176 Å². The maximum absolute atomic E-state index is 12.5. The van der Waals surface area contributed by atoms with Crippen LogP contribution in [0.1, 0.15) is 12.5 Å². The van der Waals surface area contributed by atoms with E-state index >= 15 is 0 Å². The van der Waals surface area contributed by atoms with Gasteiger partial charge < -0.3 is 14.2 Å². The van der Waals surface area contributed by atoms with Crippen molar-refractivity contribution < 1.29 is 28.6 Å². The Morgan fingerprint density at radius 1 is 1.18 bits per heavy atom. The van der Waals surface area contributed by atoms with Crippen LogP contribution in [0.4, 0.5) is 0 Å². The molecule has 0 aromatic heterocycles. The van der Waals surface area contributed by atoms with Crippen LogP contribution in [0.15, 0.2) is 22.2 Å². The summed E-state index contributed by atoms with van der Waals surface area (Å²) in [5, 5.41) is 0.134. The summed E-state index contributed by atoms with van der Waals surface area (Å²) in [4.78, 5) is 38.8. The van der Waals surface area contributed by atoms with Crippen molar-refractivity contribution in [2.24, 2.45) is 0 Å². The summed E-state index contributed by atoms with van der Waals surface area (Å²) in [6.45, 7) is 1.85. The minimum Gasteiger partial charge on any atom is -0.490 e. The SMILES string of the molecule is CCOc1cc(C=C2C(=O)N(C)C(=S)N(C)C2=O)cc(Br)c1OCC(=O)OC. The second kappa shape index (κ2) is 9.16. The van der Waals surface area contributed by atoms with Crippen molar-refractivity contribution in [1.29, 1.82) is 0 Å². The second-order valence-electron chi connectivity index (χ2n) is 5.70. The summed E-state index contributed by atoms with van der Waals surface area (Å²) in [6, 6.07) is 3.26. The van der Waals surface area contributed by atoms with Crippen LogP contribution >= 0.6 is 28.1 Å². The van der Waals surface area contributed by atoms with Gasteiger partial charge in [0.2, 0.25) is 0 Å². The average molecular weight is 471 g/mol. The van der Waals surface area contributed by atoms with Crippen LogP contribution in [0.25, 0.3) is 6.08 Å². The standard InChI is InChI=1S/C18H19BrN2O6S/c1-5-26-13-8-10(7-12(19)15(13)27-9-14(22)25-4)6-11-16(23)20(2)18(28)21(3)17(11)24/h6-8H,5,9H2,1-4H3. The molecule has 0 bridgehead atoms. The van der Waals surface area contributed by atoms with E-state index in [4.69, 9.17) is 21.7 Å². The molecule has 0 radical (unpaired) electrons. The molecule has 28 heavy (non-hydrogen) atoms. The molecule has 0 atom stereocenters. The number of carbonyl (C=O) groups is 3. The number of carbonyl (C=O) groups excluding carboxylic acids is 3. The van der Waals surface area contributed by atoms with E-state index < -0.39 is 17.8 Å². The monoisotopic (exact) mass is 470 g/mol. The van der Waals surface area contributed by atoms with E-state index in [-0.39, 0.29) is 17.3 Å². The van der Waals surface area contributed by atoms with Gasteiger partial charge in [-0.1, -0.05) is 0 Å². The predicted molar refractivity (Wildman–Crippen MR) is 109 cm³/mol. The third-order valence-electron chi connectivity index (χ3n) is 3.85. The molecule has 0 spiro atoms. The summed E-state index contributed by atoms with van der Waals surface area (Å²) in [5.41, 5.74) is 0.503. The molecule has 1 fully saturated rings. The first kappa shape index (κ1) is 21.8. The lowest BCUT2D eigenvalue weighted by molar-refractivity contribution is -0.143. The van der Waals surface area contributed by atoms with Crippen molar-refractivity contribution in [3.63, 3.8) is 0 Å². The number of hydrogen-bond acceptors (Lipinski definition) is 7. The fraction of sp³-hybridized carbons (Fsp3) is 0.333. The average Bonchev–Trinajstić information content (AvgIpc) is 2.67. The Morgan fingerprint density at radius 2 is 1.79 bits per heavy atom. The quantitative estimate of drug-likeness (QED) is 0.272. The highest BCUT2D eigenvalue weighted by molar-refractivity contribution is 9.10. The number of methoxy groups -OCH3 is 1. The lowest BCUT2D eigenvalue weighted by Crippen LogP contribution is -2.52. The molecule has 1 aliphatic heterocycles. The molecule has 0 N–H and O–H groups in total. The molecule has 0 saturated carbocycles. The summed E-state index contributed by atoms with van der Waals surface area (Å²) >= 11 is 8.45. The van der Waals surface area contributed by atoms with Crippen molar-refractivity contribution in [3.8, 4) is 11.5 Å². The van der Waals surface area contributed by atoms with Gasteiger partial charge in [-0.25, -0.2) is 4.79 Å². The molecule has 1 aromatic carbocycles.